The maximum Gasteiger partial charge on any atom is 0.287 e. The SMILES string of the molecule is CC1=N[C@H]2c3c(oc(C(=O)NCc4ccccc4Cl)c3C)CC[C@H]2S1. The molecule has 1 aromatic carbocycles. The third-order valence-corrected chi connectivity index (χ3v) is 6.43. The van der Waals surface area contributed by atoms with Gasteiger partial charge in [0.15, 0.2) is 5.76 Å². The van der Waals surface area contributed by atoms with E-state index in [0.29, 0.717) is 22.6 Å². The van der Waals surface area contributed by atoms with Crippen LogP contribution in [0.15, 0.2) is 33.7 Å². The number of hydrogen-bond acceptors (Lipinski definition) is 4. The molecule has 2 atom stereocenters. The van der Waals surface area contributed by atoms with Gasteiger partial charge in [-0.2, -0.15) is 0 Å². The Balaban J connectivity index is 1.57. The zero-order valence-electron chi connectivity index (χ0n) is 14.1. The van der Waals surface area contributed by atoms with Gasteiger partial charge in [-0.05, 0) is 31.9 Å². The number of nitrogens with zero attached hydrogens (tertiary/aromatic N) is 1. The number of thioether (sulfide) groups is 1. The van der Waals surface area contributed by atoms with Crippen LogP contribution in [-0.2, 0) is 13.0 Å². The Labute approximate surface area is 156 Å². The van der Waals surface area contributed by atoms with Gasteiger partial charge >= 0.3 is 0 Å². The number of fused-ring (bicyclic) bond motifs is 3. The van der Waals surface area contributed by atoms with E-state index in [0.717, 1.165) is 40.3 Å². The van der Waals surface area contributed by atoms with Gasteiger partial charge in [0.1, 0.15) is 5.76 Å². The van der Waals surface area contributed by atoms with E-state index in [-0.39, 0.29) is 11.9 Å². The van der Waals surface area contributed by atoms with Gasteiger partial charge in [-0.3, -0.25) is 9.79 Å². The Kier molecular flexibility index (Phi) is 4.38. The minimum absolute atomic E-state index is 0.127. The molecule has 1 amide bonds. The molecule has 25 heavy (non-hydrogen) atoms. The zero-order chi connectivity index (χ0) is 17.6. The number of halogens is 1. The van der Waals surface area contributed by atoms with E-state index >= 15 is 0 Å². The number of furan rings is 1. The minimum Gasteiger partial charge on any atom is -0.455 e. The molecule has 2 heterocycles. The number of carbonyl (C=O) groups excluding carboxylic acids is 1. The lowest BCUT2D eigenvalue weighted by atomic mass is 9.90. The molecule has 1 N–H and O–H groups in total. The molecule has 1 aromatic heterocycles. The van der Waals surface area contributed by atoms with Gasteiger partial charge in [0.25, 0.3) is 5.91 Å². The lowest BCUT2D eigenvalue weighted by Gasteiger charge is -2.22. The summed E-state index contributed by atoms with van der Waals surface area (Å²) in [4.78, 5) is 17.4. The largest absolute Gasteiger partial charge is 0.455 e. The molecule has 0 fully saturated rings. The van der Waals surface area contributed by atoms with Crippen molar-refractivity contribution in [1.29, 1.82) is 0 Å². The summed E-state index contributed by atoms with van der Waals surface area (Å²) in [5, 5.41) is 5.16. The van der Waals surface area contributed by atoms with Crippen LogP contribution in [-0.4, -0.2) is 16.2 Å². The highest BCUT2D eigenvalue weighted by molar-refractivity contribution is 8.14. The average Bonchev–Trinajstić information content (AvgIpc) is 3.13. The highest BCUT2D eigenvalue weighted by atomic mass is 35.5. The second kappa shape index (κ2) is 6.54. The normalized spacial score (nSPS) is 21.5. The van der Waals surface area contributed by atoms with Crippen molar-refractivity contribution in [2.24, 2.45) is 4.99 Å². The maximum atomic E-state index is 12.6. The fraction of sp³-hybridized carbons (Fsp3) is 0.368. The Morgan fingerprint density at radius 2 is 2.20 bits per heavy atom. The average molecular weight is 375 g/mol. The van der Waals surface area contributed by atoms with Crippen molar-refractivity contribution in [3.05, 3.63) is 57.5 Å². The smallest absolute Gasteiger partial charge is 0.287 e. The Bertz CT molecular complexity index is 874. The first-order valence-electron chi connectivity index (χ1n) is 8.39. The first kappa shape index (κ1) is 16.7. The van der Waals surface area contributed by atoms with Crippen molar-refractivity contribution in [3.8, 4) is 0 Å². The molecule has 1 aliphatic heterocycles. The van der Waals surface area contributed by atoms with Crippen LogP contribution in [0.25, 0.3) is 0 Å². The van der Waals surface area contributed by atoms with Gasteiger partial charge in [-0.25, -0.2) is 0 Å². The van der Waals surface area contributed by atoms with Gasteiger partial charge in [-0.15, -0.1) is 11.8 Å². The molecule has 0 bridgehead atoms. The van der Waals surface area contributed by atoms with Crippen LogP contribution in [0.3, 0.4) is 0 Å². The van der Waals surface area contributed by atoms with Gasteiger partial charge in [0.05, 0.1) is 11.1 Å². The van der Waals surface area contributed by atoms with E-state index < -0.39 is 0 Å². The van der Waals surface area contributed by atoms with Crippen LogP contribution < -0.4 is 5.32 Å². The number of benzene rings is 1. The number of carbonyl (C=O) groups is 1. The number of amides is 1. The van der Waals surface area contributed by atoms with Crippen LogP contribution >= 0.6 is 23.4 Å². The molecule has 0 saturated heterocycles. The number of rotatable bonds is 3. The summed E-state index contributed by atoms with van der Waals surface area (Å²) < 4.78 is 5.94. The molecule has 2 aliphatic rings. The topological polar surface area (TPSA) is 54.6 Å². The predicted octanol–water partition coefficient (Wildman–Crippen LogP) is 4.69. The van der Waals surface area contributed by atoms with Crippen LogP contribution in [0.5, 0.6) is 0 Å². The van der Waals surface area contributed by atoms with E-state index in [1.807, 2.05) is 43.0 Å². The second-order valence-corrected chi connectivity index (χ2v) is 8.29. The highest BCUT2D eigenvalue weighted by Gasteiger charge is 2.39. The van der Waals surface area contributed by atoms with Crippen LogP contribution in [0.4, 0.5) is 0 Å². The summed E-state index contributed by atoms with van der Waals surface area (Å²) in [7, 11) is 0. The number of nitrogens with one attached hydrogen (secondary N) is 1. The summed E-state index contributed by atoms with van der Waals surface area (Å²) >= 11 is 7.99. The molecule has 0 spiro atoms. The van der Waals surface area contributed by atoms with Gasteiger partial charge in [-0.1, -0.05) is 29.8 Å². The van der Waals surface area contributed by atoms with Crippen molar-refractivity contribution in [3.63, 3.8) is 0 Å². The van der Waals surface area contributed by atoms with Crippen molar-refractivity contribution in [2.75, 3.05) is 0 Å². The van der Waals surface area contributed by atoms with Crippen molar-refractivity contribution in [2.45, 2.75) is 44.5 Å². The molecule has 130 valence electrons. The molecule has 0 radical (unpaired) electrons. The van der Waals surface area contributed by atoms with E-state index in [1.54, 1.807) is 0 Å². The van der Waals surface area contributed by atoms with Crippen LogP contribution in [0.2, 0.25) is 5.02 Å². The van der Waals surface area contributed by atoms with E-state index in [4.69, 9.17) is 21.0 Å². The standard InChI is InChI=1S/C19H19ClN2O2S/c1-10-16-14(7-8-15-17(16)22-11(2)25-15)24-18(10)19(23)21-9-12-5-3-4-6-13(12)20/h3-6,15,17H,7-9H2,1-2H3,(H,21,23)/t15-,17-/m1/s1. The lowest BCUT2D eigenvalue weighted by molar-refractivity contribution is 0.0920. The monoisotopic (exact) mass is 374 g/mol. The Morgan fingerprint density at radius 1 is 1.40 bits per heavy atom. The Hall–Kier alpha value is -1.72. The molecular formula is C19H19ClN2O2S. The maximum absolute atomic E-state index is 12.6. The molecule has 2 aromatic rings. The molecule has 6 heteroatoms. The van der Waals surface area contributed by atoms with Crippen molar-refractivity contribution < 1.29 is 9.21 Å². The molecular weight excluding hydrogens is 356 g/mol. The molecule has 4 nitrogen and oxygen atoms in total. The zero-order valence-corrected chi connectivity index (χ0v) is 15.7. The van der Waals surface area contributed by atoms with E-state index in [1.165, 1.54) is 0 Å². The minimum atomic E-state index is -0.199. The van der Waals surface area contributed by atoms with Gasteiger partial charge < -0.3 is 9.73 Å². The van der Waals surface area contributed by atoms with Crippen LogP contribution in [0.1, 0.15) is 52.4 Å². The fourth-order valence-electron chi connectivity index (χ4n) is 3.61. The predicted molar refractivity (Wildman–Crippen MR) is 102 cm³/mol. The first-order valence-corrected chi connectivity index (χ1v) is 9.65. The summed E-state index contributed by atoms with van der Waals surface area (Å²) in [5.41, 5.74) is 2.92. The highest BCUT2D eigenvalue weighted by Crippen LogP contribution is 2.47. The summed E-state index contributed by atoms with van der Waals surface area (Å²) in [5.74, 6) is 1.12. The fourth-order valence-corrected chi connectivity index (χ4v) is 4.98. The number of hydrogen-bond donors (Lipinski definition) is 1. The third kappa shape index (κ3) is 3.00. The van der Waals surface area contributed by atoms with E-state index in [9.17, 15) is 4.79 Å². The first-order chi connectivity index (χ1) is 12.0. The Morgan fingerprint density at radius 3 is 3.00 bits per heavy atom. The second-order valence-electron chi connectivity index (χ2n) is 6.46. The van der Waals surface area contributed by atoms with Crippen LogP contribution in [0, 0.1) is 6.92 Å². The van der Waals surface area contributed by atoms with E-state index in [2.05, 4.69) is 12.2 Å². The summed E-state index contributed by atoms with van der Waals surface area (Å²) in [6, 6.07) is 7.63. The third-order valence-electron chi connectivity index (χ3n) is 4.82. The summed E-state index contributed by atoms with van der Waals surface area (Å²) in [6.45, 7) is 4.39. The number of aryl methyl sites for hydroxylation is 1. The van der Waals surface area contributed by atoms with Gasteiger partial charge in [0, 0.05) is 34.4 Å². The lowest BCUT2D eigenvalue weighted by Crippen LogP contribution is -2.23. The number of aliphatic imine (C=N–C) groups is 1. The molecule has 1 aliphatic carbocycles. The van der Waals surface area contributed by atoms with Gasteiger partial charge in [0.2, 0.25) is 0 Å². The quantitative estimate of drug-likeness (QED) is 0.847. The molecule has 0 unspecified atom stereocenters. The van der Waals surface area contributed by atoms with Crippen molar-refractivity contribution in [1.82, 2.24) is 5.32 Å². The molecule has 0 saturated carbocycles. The van der Waals surface area contributed by atoms with Crippen molar-refractivity contribution >= 4 is 34.3 Å². The molecule has 4 rings (SSSR count). The summed E-state index contributed by atoms with van der Waals surface area (Å²) in [6.07, 6.45) is 1.90.